The van der Waals surface area contributed by atoms with Gasteiger partial charge in [0.2, 0.25) is 0 Å². The zero-order valence-corrected chi connectivity index (χ0v) is 16.6. The Labute approximate surface area is 165 Å². The lowest BCUT2D eigenvalue weighted by atomic mass is 10.0. The number of hydrogen-bond donors (Lipinski definition) is 0. The van der Waals surface area contributed by atoms with Gasteiger partial charge in [0.1, 0.15) is 12.4 Å². The summed E-state index contributed by atoms with van der Waals surface area (Å²) in [5.41, 5.74) is 3.01. The third-order valence-electron chi connectivity index (χ3n) is 4.14. The molecule has 28 heavy (non-hydrogen) atoms. The van der Waals surface area contributed by atoms with Gasteiger partial charge in [-0.05, 0) is 42.7 Å². The highest BCUT2D eigenvalue weighted by molar-refractivity contribution is 5.93. The highest BCUT2D eigenvalue weighted by Gasteiger charge is 2.13. The lowest BCUT2D eigenvalue weighted by Crippen LogP contribution is -2.09. The summed E-state index contributed by atoms with van der Waals surface area (Å²) in [5, 5.41) is 0. The molecular formula is C23H26O5. The Balaban J connectivity index is 2.13. The maximum atomic E-state index is 12.3. The van der Waals surface area contributed by atoms with Crippen LogP contribution in [0.4, 0.5) is 0 Å². The first-order chi connectivity index (χ1) is 13.6. The average molecular weight is 382 g/mol. The number of benzene rings is 2. The Hall–Kier alpha value is -3.08. The molecule has 0 radical (unpaired) electrons. The van der Waals surface area contributed by atoms with Crippen LogP contribution in [0.5, 0.6) is 5.75 Å². The van der Waals surface area contributed by atoms with Crippen LogP contribution in [0.15, 0.2) is 54.1 Å². The van der Waals surface area contributed by atoms with Crippen molar-refractivity contribution in [1.82, 2.24) is 0 Å². The normalized spacial score (nSPS) is 11.0. The highest BCUT2D eigenvalue weighted by atomic mass is 16.5. The Morgan fingerprint density at radius 2 is 1.75 bits per heavy atom. The number of carbonyl (C=O) groups is 2. The Kier molecular flexibility index (Phi) is 8.28. The quantitative estimate of drug-likeness (QED) is 0.477. The smallest absolute Gasteiger partial charge is 0.333 e. The van der Waals surface area contributed by atoms with E-state index in [0.717, 1.165) is 11.1 Å². The van der Waals surface area contributed by atoms with Gasteiger partial charge in [0.15, 0.2) is 0 Å². The van der Waals surface area contributed by atoms with E-state index in [4.69, 9.17) is 14.2 Å². The van der Waals surface area contributed by atoms with Crippen LogP contribution >= 0.6 is 0 Å². The van der Waals surface area contributed by atoms with Crippen molar-refractivity contribution >= 4 is 18.0 Å². The fourth-order valence-electron chi connectivity index (χ4n) is 2.70. The van der Waals surface area contributed by atoms with Gasteiger partial charge in [-0.3, -0.25) is 4.79 Å². The van der Waals surface area contributed by atoms with Gasteiger partial charge in [-0.15, -0.1) is 0 Å². The third kappa shape index (κ3) is 6.27. The molecule has 2 aromatic rings. The van der Waals surface area contributed by atoms with E-state index in [9.17, 15) is 9.59 Å². The molecule has 2 aromatic carbocycles. The minimum atomic E-state index is -0.343. The van der Waals surface area contributed by atoms with Gasteiger partial charge in [-0.1, -0.05) is 43.3 Å². The fourth-order valence-corrected chi connectivity index (χ4v) is 2.70. The Morgan fingerprint density at radius 3 is 2.39 bits per heavy atom. The van der Waals surface area contributed by atoms with Crippen LogP contribution in [-0.4, -0.2) is 25.7 Å². The van der Waals surface area contributed by atoms with Crippen LogP contribution in [0.3, 0.4) is 0 Å². The van der Waals surface area contributed by atoms with E-state index < -0.39 is 0 Å². The Morgan fingerprint density at radius 1 is 1.00 bits per heavy atom. The lowest BCUT2D eigenvalue weighted by Gasteiger charge is -2.11. The minimum Gasteiger partial charge on any atom is -0.496 e. The monoisotopic (exact) mass is 382 g/mol. The third-order valence-corrected chi connectivity index (χ3v) is 4.14. The van der Waals surface area contributed by atoms with Gasteiger partial charge in [0.05, 0.1) is 20.1 Å². The predicted octanol–water partition coefficient (Wildman–Crippen LogP) is 4.34. The molecule has 5 nitrogen and oxygen atoms in total. The zero-order valence-electron chi connectivity index (χ0n) is 16.6. The van der Waals surface area contributed by atoms with Crippen molar-refractivity contribution in [2.75, 3.05) is 13.7 Å². The van der Waals surface area contributed by atoms with Crippen molar-refractivity contribution < 1.29 is 23.8 Å². The molecule has 2 rings (SSSR count). The first-order valence-corrected chi connectivity index (χ1v) is 9.31. The van der Waals surface area contributed by atoms with Crippen LogP contribution in [-0.2, 0) is 32.1 Å². The van der Waals surface area contributed by atoms with Gasteiger partial charge < -0.3 is 14.2 Å². The summed E-state index contributed by atoms with van der Waals surface area (Å²) in [6.07, 6.45) is 2.41. The molecule has 0 fully saturated rings. The SMILES string of the molecule is CCOC(=O)/C(=C/c1ccc(OC)c(CC(=O)OCc2ccccc2)c1)CC. The van der Waals surface area contributed by atoms with E-state index >= 15 is 0 Å². The summed E-state index contributed by atoms with van der Waals surface area (Å²) >= 11 is 0. The molecule has 0 amide bonds. The molecule has 5 heteroatoms. The molecule has 0 aliphatic carbocycles. The number of carbonyl (C=O) groups excluding carboxylic acids is 2. The van der Waals surface area contributed by atoms with Gasteiger partial charge in [-0.25, -0.2) is 4.79 Å². The first-order valence-electron chi connectivity index (χ1n) is 9.31. The standard InChI is InChI=1S/C23H26O5/c1-4-19(23(25)27-5-2)13-18-11-12-21(26-3)20(14-18)15-22(24)28-16-17-9-7-6-8-10-17/h6-14H,4-5,15-16H2,1-3H3/b19-13+. The number of methoxy groups -OCH3 is 1. The lowest BCUT2D eigenvalue weighted by molar-refractivity contribution is -0.144. The molecule has 0 aromatic heterocycles. The minimum absolute atomic E-state index is 0.0819. The average Bonchev–Trinajstić information content (AvgIpc) is 2.71. The highest BCUT2D eigenvalue weighted by Crippen LogP contribution is 2.23. The van der Waals surface area contributed by atoms with Crippen LogP contribution in [0, 0.1) is 0 Å². The van der Waals surface area contributed by atoms with Gasteiger partial charge >= 0.3 is 11.9 Å². The first kappa shape index (κ1) is 21.2. The second kappa shape index (κ2) is 10.9. The van der Waals surface area contributed by atoms with E-state index in [-0.39, 0.29) is 25.0 Å². The maximum Gasteiger partial charge on any atom is 0.333 e. The van der Waals surface area contributed by atoms with Crippen LogP contribution in [0.25, 0.3) is 6.08 Å². The van der Waals surface area contributed by atoms with Crippen molar-refractivity contribution in [1.29, 1.82) is 0 Å². The summed E-state index contributed by atoms with van der Waals surface area (Å²) in [7, 11) is 1.56. The van der Waals surface area contributed by atoms with Crippen LogP contribution < -0.4 is 4.74 Å². The van der Waals surface area contributed by atoms with E-state index in [1.54, 1.807) is 26.2 Å². The number of rotatable bonds is 9. The van der Waals surface area contributed by atoms with E-state index in [1.807, 2.05) is 49.4 Å². The van der Waals surface area contributed by atoms with Crippen molar-refractivity contribution in [3.63, 3.8) is 0 Å². The topological polar surface area (TPSA) is 61.8 Å². The van der Waals surface area contributed by atoms with E-state index in [1.165, 1.54) is 0 Å². The number of esters is 2. The second-order valence-corrected chi connectivity index (χ2v) is 6.14. The number of hydrogen-bond acceptors (Lipinski definition) is 5. The van der Waals surface area contributed by atoms with Crippen LogP contribution in [0.2, 0.25) is 0 Å². The van der Waals surface area contributed by atoms with Crippen molar-refractivity contribution in [3.05, 3.63) is 70.8 Å². The molecular weight excluding hydrogens is 356 g/mol. The molecule has 0 heterocycles. The molecule has 0 aliphatic rings. The molecule has 0 saturated heterocycles. The molecule has 0 spiro atoms. The van der Waals surface area contributed by atoms with Gasteiger partial charge in [-0.2, -0.15) is 0 Å². The summed E-state index contributed by atoms with van der Waals surface area (Å²) in [4.78, 5) is 24.3. The van der Waals surface area contributed by atoms with Gasteiger partial charge in [0, 0.05) is 11.1 Å². The van der Waals surface area contributed by atoms with Crippen molar-refractivity contribution in [2.45, 2.75) is 33.3 Å². The maximum absolute atomic E-state index is 12.3. The molecule has 0 saturated carbocycles. The summed E-state index contributed by atoms with van der Waals surface area (Å²) in [6, 6.07) is 15.0. The predicted molar refractivity (Wildman–Crippen MR) is 108 cm³/mol. The van der Waals surface area contributed by atoms with Crippen LogP contribution in [0.1, 0.15) is 37.0 Å². The van der Waals surface area contributed by atoms with E-state index in [2.05, 4.69) is 0 Å². The summed E-state index contributed by atoms with van der Waals surface area (Å²) in [5.74, 6) is -0.0722. The van der Waals surface area contributed by atoms with Crippen molar-refractivity contribution in [2.24, 2.45) is 0 Å². The largest absolute Gasteiger partial charge is 0.496 e. The molecule has 0 N–H and O–H groups in total. The summed E-state index contributed by atoms with van der Waals surface area (Å²) < 4.78 is 15.8. The zero-order chi connectivity index (χ0) is 20.4. The van der Waals surface area contributed by atoms with Crippen molar-refractivity contribution in [3.8, 4) is 5.75 Å². The summed E-state index contributed by atoms with van der Waals surface area (Å²) in [6.45, 7) is 4.23. The molecule has 0 bridgehead atoms. The van der Waals surface area contributed by atoms with Gasteiger partial charge in [0.25, 0.3) is 0 Å². The number of ether oxygens (including phenoxy) is 3. The van der Waals surface area contributed by atoms with E-state index in [0.29, 0.717) is 29.9 Å². The molecule has 0 atom stereocenters. The molecule has 0 aliphatic heterocycles. The fraction of sp³-hybridized carbons (Fsp3) is 0.304. The second-order valence-electron chi connectivity index (χ2n) is 6.14. The molecule has 148 valence electrons. The Bertz CT molecular complexity index is 824. The molecule has 0 unspecified atom stereocenters.